The Morgan fingerprint density at radius 2 is 2.27 bits per heavy atom. The Morgan fingerprint density at radius 3 is 3.00 bits per heavy atom. The summed E-state index contributed by atoms with van der Waals surface area (Å²) in [5.74, 6) is 1.04. The van der Waals surface area contributed by atoms with E-state index < -0.39 is 0 Å². The van der Waals surface area contributed by atoms with E-state index in [0.717, 1.165) is 49.1 Å². The Bertz CT molecular complexity index is 695. The molecule has 2 aromatic rings. The first kappa shape index (κ1) is 13.7. The van der Waals surface area contributed by atoms with Crippen molar-refractivity contribution in [3.8, 4) is 0 Å². The average Bonchev–Trinajstić information content (AvgIpc) is 3.23. The molecule has 4 heterocycles. The van der Waals surface area contributed by atoms with E-state index in [1.54, 1.807) is 6.20 Å². The highest BCUT2D eigenvalue weighted by molar-refractivity contribution is 7.09. The molecule has 2 aliphatic rings. The summed E-state index contributed by atoms with van der Waals surface area (Å²) in [6.07, 6.45) is 6.44. The van der Waals surface area contributed by atoms with Gasteiger partial charge in [0.1, 0.15) is 5.82 Å². The first-order valence-electron chi connectivity index (χ1n) is 7.60. The lowest BCUT2D eigenvalue weighted by molar-refractivity contribution is -0.117. The lowest BCUT2D eigenvalue weighted by Crippen LogP contribution is -2.23. The molecule has 0 N–H and O–H groups in total. The van der Waals surface area contributed by atoms with E-state index in [9.17, 15) is 4.79 Å². The maximum Gasteiger partial charge on any atom is 0.227 e. The fourth-order valence-electron chi connectivity index (χ4n) is 3.13. The predicted octanol–water partition coefficient (Wildman–Crippen LogP) is 1.62. The minimum Gasteiger partial charge on any atom is -0.345 e. The van der Waals surface area contributed by atoms with Crippen molar-refractivity contribution in [3.63, 3.8) is 0 Å². The Hall–Kier alpha value is -1.96. The molecule has 2 saturated heterocycles. The number of rotatable bonds is 3. The van der Waals surface area contributed by atoms with E-state index in [2.05, 4.69) is 19.4 Å². The third-order valence-electron chi connectivity index (χ3n) is 4.30. The Kier molecular flexibility index (Phi) is 3.33. The summed E-state index contributed by atoms with van der Waals surface area (Å²) in [5, 5.41) is 5.46. The molecule has 0 bridgehead atoms. The Labute approximate surface area is 132 Å². The highest BCUT2D eigenvalue weighted by Crippen LogP contribution is 2.29. The zero-order valence-electron chi connectivity index (χ0n) is 12.5. The van der Waals surface area contributed by atoms with Gasteiger partial charge in [0.2, 0.25) is 11.0 Å². The normalized spacial score (nSPS) is 22.0. The van der Waals surface area contributed by atoms with Gasteiger partial charge in [0.15, 0.2) is 0 Å². The number of hydrogen-bond acceptors (Lipinski definition) is 6. The molecule has 0 saturated carbocycles. The van der Waals surface area contributed by atoms with Crippen LogP contribution in [0.25, 0.3) is 0 Å². The molecule has 0 aliphatic carbocycles. The third kappa shape index (κ3) is 2.37. The summed E-state index contributed by atoms with van der Waals surface area (Å²) in [5.41, 5.74) is 0.924. The van der Waals surface area contributed by atoms with E-state index in [0.29, 0.717) is 12.5 Å². The first-order valence-corrected chi connectivity index (χ1v) is 8.38. The average molecular weight is 318 g/mol. The number of anilines is 2. The lowest BCUT2D eigenvalue weighted by atomic mass is 10.3. The quantitative estimate of drug-likeness (QED) is 0.860. The van der Waals surface area contributed by atoms with E-state index >= 15 is 0 Å². The molecule has 7 nitrogen and oxygen atoms in total. The smallest absolute Gasteiger partial charge is 0.227 e. The van der Waals surface area contributed by atoms with Gasteiger partial charge in [-0.3, -0.25) is 9.48 Å². The topological polar surface area (TPSA) is 67.2 Å². The van der Waals surface area contributed by atoms with Gasteiger partial charge in [-0.1, -0.05) is 0 Å². The highest BCUT2D eigenvalue weighted by atomic mass is 32.1. The molecule has 1 unspecified atom stereocenters. The van der Waals surface area contributed by atoms with Gasteiger partial charge < -0.3 is 9.80 Å². The molecule has 4 rings (SSSR count). The standard InChI is InChI=1S/C14H18N6OS/c1-10-16-14(22-17-10)18-6-4-11(8-18)20-9-12(7-15-20)19-5-2-3-13(19)21/h7,9,11H,2-6,8H2,1H3. The van der Waals surface area contributed by atoms with Gasteiger partial charge in [-0.15, -0.1) is 0 Å². The Balaban J connectivity index is 1.47. The van der Waals surface area contributed by atoms with E-state index in [-0.39, 0.29) is 5.91 Å². The van der Waals surface area contributed by atoms with Gasteiger partial charge in [0, 0.05) is 43.8 Å². The molecule has 0 spiro atoms. The van der Waals surface area contributed by atoms with Crippen LogP contribution < -0.4 is 9.80 Å². The van der Waals surface area contributed by atoms with Gasteiger partial charge in [-0.2, -0.15) is 9.47 Å². The van der Waals surface area contributed by atoms with Crippen LogP contribution in [0.15, 0.2) is 12.4 Å². The number of hydrogen-bond donors (Lipinski definition) is 0. The van der Waals surface area contributed by atoms with Crippen LogP contribution in [-0.2, 0) is 4.79 Å². The predicted molar refractivity (Wildman–Crippen MR) is 84.3 cm³/mol. The highest BCUT2D eigenvalue weighted by Gasteiger charge is 2.28. The van der Waals surface area contributed by atoms with E-state index in [1.165, 1.54) is 11.5 Å². The van der Waals surface area contributed by atoms with Gasteiger partial charge in [-0.25, -0.2) is 4.98 Å². The van der Waals surface area contributed by atoms with Crippen molar-refractivity contribution < 1.29 is 4.79 Å². The summed E-state index contributed by atoms with van der Waals surface area (Å²) >= 11 is 1.45. The molecule has 0 radical (unpaired) electrons. The number of nitrogens with zero attached hydrogens (tertiary/aromatic N) is 6. The number of aromatic nitrogens is 4. The number of carbonyl (C=O) groups excluding carboxylic acids is 1. The number of amides is 1. The fraction of sp³-hybridized carbons (Fsp3) is 0.571. The molecule has 2 fully saturated rings. The molecule has 2 aromatic heterocycles. The summed E-state index contributed by atoms with van der Waals surface area (Å²) in [6.45, 7) is 4.59. The number of carbonyl (C=O) groups is 1. The van der Waals surface area contributed by atoms with E-state index in [1.807, 2.05) is 22.7 Å². The molecular weight excluding hydrogens is 300 g/mol. The second-order valence-electron chi connectivity index (χ2n) is 5.84. The summed E-state index contributed by atoms with van der Waals surface area (Å²) < 4.78 is 6.24. The van der Waals surface area contributed by atoms with Gasteiger partial charge in [0.05, 0.1) is 17.9 Å². The maximum atomic E-state index is 11.8. The summed E-state index contributed by atoms with van der Waals surface area (Å²) in [7, 11) is 0. The Morgan fingerprint density at radius 1 is 1.36 bits per heavy atom. The van der Waals surface area contributed by atoms with Crippen molar-refractivity contribution in [1.82, 2.24) is 19.1 Å². The monoisotopic (exact) mass is 318 g/mol. The van der Waals surface area contributed by atoms with Crippen LogP contribution in [0.1, 0.15) is 31.1 Å². The van der Waals surface area contributed by atoms with Gasteiger partial charge >= 0.3 is 0 Å². The van der Waals surface area contributed by atoms with Crippen LogP contribution in [-0.4, -0.2) is 44.7 Å². The maximum absolute atomic E-state index is 11.8. The van der Waals surface area contributed by atoms with Crippen molar-refractivity contribution in [2.45, 2.75) is 32.2 Å². The molecule has 0 aromatic carbocycles. The number of aryl methyl sites for hydroxylation is 1. The largest absolute Gasteiger partial charge is 0.345 e. The zero-order chi connectivity index (χ0) is 15.1. The van der Waals surface area contributed by atoms with Crippen LogP contribution in [0.5, 0.6) is 0 Å². The van der Waals surface area contributed by atoms with Crippen molar-refractivity contribution in [2.75, 3.05) is 29.4 Å². The summed E-state index contributed by atoms with van der Waals surface area (Å²) in [6, 6.07) is 0.329. The van der Waals surface area contributed by atoms with Crippen LogP contribution in [0.4, 0.5) is 10.8 Å². The minimum atomic E-state index is 0.205. The molecule has 22 heavy (non-hydrogen) atoms. The SMILES string of the molecule is Cc1nsc(N2CCC(n3cc(N4CCCC4=O)cn3)C2)n1. The second kappa shape index (κ2) is 5.35. The van der Waals surface area contributed by atoms with Crippen LogP contribution in [0.3, 0.4) is 0 Å². The van der Waals surface area contributed by atoms with Crippen LogP contribution in [0.2, 0.25) is 0 Å². The lowest BCUT2D eigenvalue weighted by Gasteiger charge is -2.15. The zero-order valence-corrected chi connectivity index (χ0v) is 13.3. The van der Waals surface area contributed by atoms with Crippen molar-refractivity contribution in [2.24, 2.45) is 0 Å². The van der Waals surface area contributed by atoms with E-state index in [4.69, 9.17) is 0 Å². The van der Waals surface area contributed by atoms with Crippen molar-refractivity contribution in [1.29, 1.82) is 0 Å². The molecule has 1 atom stereocenters. The molecular formula is C14H18N6OS. The molecule has 116 valence electrons. The summed E-state index contributed by atoms with van der Waals surface area (Å²) in [4.78, 5) is 20.4. The van der Waals surface area contributed by atoms with Crippen LogP contribution in [0, 0.1) is 6.92 Å². The molecule has 2 aliphatic heterocycles. The van der Waals surface area contributed by atoms with Gasteiger partial charge in [-0.05, 0) is 19.8 Å². The molecule has 8 heteroatoms. The second-order valence-corrected chi connectivity index (χ2v) is 6.57. The fourth-order valence-corrected chi connectivity index (χ4v) is 3.84. The van der Waals surface area contributed by atoms with Gasteiger partial charge in [0.25, 0.3) is 0 Å². The molecule has 1 amide bonds. The van der Waals surface area contributed by atoms with Crippen molar-refractivity contribution >= 4 is 28.3 Å². The first-order chi connectivity index (χ1) is 10.7. The third-order valence-corrected chi connectivity index (χ3v) is 5.17. The van der Waals surface area contributed by atoms with Crippen LogP contribution >= 0.6 is 11.5 Å². The minimum absolute atomic E-state index is 0.205. The van der Waals surface area contributed by atoms with Crippen molar-refractivity contribution in [3.05, 3.63) is 18.2 Å².